The van der Waals surface area contributed by atoms with Crippen LogP contribution in [0, 0.1) is 29.1 Å². The summed E-state index contributed by atoms with van der Waals surface area (Å²) in [5.74, 6) is 0.674. The van der Waals surface area contributed by atoms with Crippen molar-refractivity contribution in [3.05, 3.63) is 0 Å². The van der Waals surface area contributed by atoms with Gasteiger partial charge in [-0.2, -0.15) is 0 Å². The Hall–Kier alpha value is -1.10. The molecule has 1 amide bonds. The van der Waals surface area contributed by atoms with Crippen LogP contribution in [0.5, 0.6) is 0 Å². The van der Waals surface area contributed by atoms with E-state index >= 15 is 0 Å². The number of carboxylic acid groups (broad SMARTS) is 1. The van der Waals surface area contributed by atoms with Crippen LogP contribution < -0.4 is 0 Å². The highest BCUT2D eigenvalue weighted by molar-refractivity contribution is 5.76. The van der Waals surface area contributed by atoms with Gasteiger partial charge in [0, 0.05) is 26.1 Å². The van der Waals surface area contributed by atoms with E-state index in [1.807, 2.05) is 4.90 Å². The zero-order valence-corrected chi connectivity index (χ0v) is 16.6. The fourth-order valence-electron chi connectivity index (χ4n) is 5.89. The molecule has 1 aliphatic carbocycles. The molecule has 0 aromatic heterocycles. The first-order chi connectivity index (χ1) is 12.2. The third-order valence-corrected chi connectivity index (χ3v) is 6.75. The number of piperidine rings is 1. The van der Waals surface area contributed by atoms with Gasteiger partial charge >= 0.3 is 5.97 Å². The maximum Gasteiger partial charge on any atom is 0.309 e. The van der Waals surface area contributed by atoms with Gasteiger partial charge in [-0.3, -0.25) is 9.59 Å². The molecule has 5 nitrogen and oxygen atoms in total. The molecule has 2 heterocycles. The molecule has 3 rings (SSSR count). The summed E-state index contributed by atoms with van der Waals surface area (Å²) in [5, 5.41) is 9.36. The molecule has 5 heteroatoms. The van der Waals surface area contributed by atoms with E-state index < -0.39 is 5.97 Å². The summed E-state index contributed by atoms with van der Waals surface area (Å²) in [5.41, 5.74) is 0.348. The van der Waals surface area contributed by atoms with Crippen LogP contribution in [0.15, 0.2) is 0 Å². The Bertz CT molecular complexity index is 524. The van der Waals surface area contributed by atoms with E-state index in [0.717, 1.165) is 32.4 Å². The minimum absolute atomic E-state index is 0.162. The second kappa shape index (κ2) is 7.87. The largest absolute Gasteiger partial charge is 0.481 e. The summed E-state index contributed by atoms with van der Waals surface area (Å²) >= 11 is 0. The topological polar surface area (TPSA) is 66.8 Å². The molecule has 0 aromatic rings. The highest BCUT2D eigenvalue weighted by Gasteiger charge is 2.41. The number of ether oxygens (including phenoxy) is 1. The summed E-state index contributed by atoms with van der Waals surface area (Å²) in [6, 6.07) is 0. The van der Waals surface area contributed by atoms with Gasteiger partial charge < -0.3 is 14.7 Å². The Morgan fingerprint density at radius 3 is 2.46 bits per heavy atom. The van der Waals surface area contributed by atoms with Crippen molar-refractivity contribution in [2.24, 2.45) is 29.1 Å². The number of carbonyl (C=O) groups is 2. The molecule has 2 aliphatic heterocycles. The van der Waals surface area contributed by atoms with Gasteiger partial charge in [0.15, 0.2) is 0 Å². The average Bonchev–Trinajstić information content (AvgIpc) is 3.02. The number of hydrogen-bond acceptors (Lipinski definition) is 3. The number of likely N-dealkylation sites (tertiary alicyclic amines) is 1. The zero-order chi connectivity index (χ0) is 18.9. The average molecular weight is 366 g/mol. The van der Waals surface area contributed by atoms with E-state index in [1.165, 1.54) is 12.8 Å². The minimum Gasteiger partial charge on any atom is -0.481 e. The van der Waals surface area contributed by atoms with Crippen LogP contribution >= 0.6 is 0 Å². The smallest absolute Gasteiger partial charge is 0.309 e. The van der Waals surface area contributed by atoms with E-state index in [9.17, 15) is 14.7 Å². The number of aliphatic carboxylic acids is 1. The van der Waals surface area contributed by atoms with E-state index in [0.29, 0.717) is 42.6 Å². The van der Waals surface area contributed by atoms with Gasteiger partial charge in [0.25, 0.3) is 0 Å². The van der Waals surface area contributed by atoms with Crippen molar-refractivity contribution >= 4 is 11.9 Å². The van der Waals surface area contributed by atoms with Crippen LogP contribution in [-0.2, 0) is 14.3 Å². The number of rotatable bonds is 4. The van der Waals surface area contributed by atoms with Crippen molar-refractivity contribution in [3.63, 3.8) is 0 Å². The maximum absolute atomic E-state index is 12.8. The molecule has 0 spiro atoms. The number of hydrogen-bond donors (Lipinski definition) is 1. The van der Waals surface area contributed by atoms with Gasteiger partial charge in [-0.15, -0.1) is 0 Å². The van der Waals surface area contributed by atoms with Crippen molar-refractivity contribution in [1.29, 1.82) is 0 Å². The van der Waals surface area contributed by atoms with Crippen LogP contribution in [-0.4, -0.2) is 47.7 Å². The van der Waals surface area contributed by atoms with Crippen LogP contribution in [0.2, 0.25) is 0 Å². The lowest BCUT2D eigenvalue weighted by Crippen LogP contribution is -2.44. The monoisotopic (exact) mass is 365 g/mol. The molecule has 3 fully saturated rings. The molecule has 0 bridgehead atoms. The van der Waals surface area contributed by atoms with Crippen LogP contribution in [0.4, 0.5) is 0 Å². The van der Waals surface area contributed by atoms with E-state index in [2.05, 4.69) is 20.8 Å². The molecule has 1 N–H and O–H groups in total. The molecular weight excluding hydrogens is 330 g/mol. The Morgan fingerprint density at radius 2 is 1.85 bits per heavy atom. The normalized spacial score (nSPS) is 35.4. The van der Waals surface area contributed by atoms with Crippen LogP contribution in [0.25, 0.3) is 0 Å². The summed E-state index contributed by atoms with van der Waals surface area (Å²) in [6.07, 6.45) is 6.45. The zero-order valence-electron chi connectivity index (χ0n) is 16.6. The lowest BCUT2D eigenvalue weighted by Gasteiger charge is -2.40. The summed E-state index contributed by atoms with van der Waals surface area (Å²) in [6.45, 7) is 9.02. The van der Waals surface area contributed by atoms with Gasteiger partial charge in [-0.25, -0.2) is 0 Å². The van der Waals surface area contributed by atoms with Gasteiger partial charge in [-0.05, 0) is 61.7 Å². The molecule has 0 aromatic carbocycles. The molecule has 3 aliphatic rings. The van der Waals surface area contributed by atoms with Crippen molar-refractivity contribution in [3.8, 4) is 0 Å². The number of amides is 1. The third-order valence-electron chi connectivity index (χ3n) is 6.75. The van der Waals surface area contributed by atoms with Gasteiger partial charge in [0.1, 0.15) is 0 Å². The molecular formula is C21H35NO4. The predicted octanol–water partition coefficient (Wildman–Crippen LogP) is 3.57. The van der Waals surface area contributed by atoms with Gasteiger partial charge in [0.05, 0.1) is 12.0 Å². The standard InChI is InChI=1S/C21H35NO4/c1-14-10-15(13-21(2,3)12-14)11-18(23)22-7-4-16(5-8-22)19-17(20(24)25)6-9-26-19/h14-17,19H,4-13H2,1-3H3,(H,24,25)/t14?,15?,17?,19-/m0/s1. The fourth-order valence-corrected chi connectivity index (χ4v) is 5.89. The third kappa shape index (κ3) is 4.59. The first-order valence-corrected chi connectivity index (χ1v) is 10.4. The molecule has 3 unspecified atom stereocenters. The Labute approximate surface area is 157 Å². The Kier molecular flexibility index (Phi) is 5.95. The maximum atomic E-state index is 12.8. The Balaban J connectivity index is 1.48. The van der Waals surface area contributed by atoms with Gasteiger partial charge in [0.2, 0.25) is 5.91 Å². The highest BCUT2D eigenvalue weighted by atomic mass is 16.5. The number of carbonyl (C=O) groups excluding carboxylic acids is 1. The number of carboxylic acids is 1. The molecule has 0 radical (unpaired) electrons. The molecule has 2 saturated heterocycles. The molecule has 4 atom stereocenters. The van der Waals surface area contributed by atoms with Crippen molar-refractivity contribution in [1.82, 2.24) is 4.90 Å². The SMILES string of the molecule is CC1CC(CC(=O)N2CCC([C@@H]3OCCC3C(=O)O)CC2)CC(C)(C)C1. The van der Waals surface area contributed by atoms with Crippen molar-refractivity contribution < 1.29 is 19.4 Å². The first-order valence-electron chi connectivity index (χ1n) is 10.4. The number of nitrogens with zero attached hydrogens (tertiary/aromatic N) is 1. The predicted molar refractivity (Wildman–Crippen MR) is 99.7 cm³/mol. The van der Waals surface area contributed by atoms with E-state index in [4.69, 9.17) is 4.74 Å². The fraction of sp³-hybridized carbons (Fsp3) is 0.905. The second-order valence-electron chi connectivity index (χ2n) is 9.77. The summed E-state index contributed by atoms with van der Waals surface area (Å²) < 4.78 is 5.73. The molecule has 148 valence electrons. The summed E-state index contributed by atoms with van der Waals surface area (Å²) in [4.78, 5) is 26.2. The lowest BCUT2D eigenvalue weighted by atomic mass is 9.67. The van der Waals surface area contributed by atoms with E-state index in [-0.39, 0.29) is 17.9 Å². The van der Waals surface area contributed by atoms with Crippen LogP contribution in [0.1, 0.15) is 65.7 Å². The van der Waals surface area contributed by atoms with Crippen LogP contribution in [0.3, 0.4) is 0 Å². The van der Waals surface area contributed by atoms with Gasteiger partial charge in [-0.1, -0.05) is 20.8 Å². The first kappa shape index (κ1) is 19.7. The Morgan fingerprint density at radius 1 is 1.15 bits per heavy atom. The molecule has 26 heavy (non-hydrogen) atoms. The second-order valence-corrected chi connectivity index (χ2v) is 9.77. The highest BCUT2D eigenvalue weighted by Crippen LogP contribution is 2.43. The quantitative estimate of drug-likeness (QED) is 0.827. The van der Waals surface area contributed by atoms with E-state index in [1.54, 1.807) is 0 Å². The van der Waals surface area contributed by atoms with Crippen molar-refractivity contribution in [2.45, 2.75) is 71.8 Å². The molecule has 1 saturated carbocycles. The van der Waals surface area contributed by atoms with Crippen molar-refractivity contribution in [2.75, 3.05) is 19.7 Å². The summed E-state index contributed by atoms with van der Waals surface area (Å²) in [7, 11) is 0. The lowest BCUT2D eigenvalue weighted by molar-refractivity contribution is -0.146. The minimum atomic E-state index is -0.736.